The smallest absolute Gasteiger partial charge is 0.410 e. The van der Waals surface area contributed by atoms with Crippen LogP contribution >= 0.6 is 0 Å². The third kappa shape index (κ3) is 6.34. The lowest BCUT2D eigenvalue weighted by Gasteiger charge is -2.39. The van der Waals surface area contributed by atoms with Gasteiger partial charge in [0, 0.05) is 34.0 Å². The van der Waals surface area contributed by atoms with Gasteiger partial charge in [-0.3, -0.25) is 0 Å². The number of nitrogens with zero attached hydrogens (tertiary/aromatic N) is 3. The summed E-state index contributed by atoms with van der Waals surface area (Å²) in [6, 6.07) is 1.07. The Morgan fingerprint density at radius 2 is 1.89 bits per heavy atom. The van der Waals surface area contributed by atoms with Gasteiger partial charge in [-0.25, -0.2) is 14.6 Å². The zero-order chi connectivity index (χ0) is 21.1. The second-order valence-electron chi connectivity index (χ2n) is 9.38. The maximum absolute atomic E-state index is 12.1. The molecule has 0 N–H and O–H groups in total. The van der Waals surface area contributed by atoms with Crippen molar-refractivity contribution in [2.75, 3.05) is 26.8 Å². The topological polar surface area (TPSA) is 82.9 Å². The molecule has 1 saturated heterocycles. The van der Waals surface area contributed by atoms with Gasteiger partial charge in [-0.1, -0.05) is 19.6 Å². The molecule has 1 aromatic heterocycles. The molecule has 1 aliphatic heterocycles. The predicted octanol–water partition coefficient (Wildman–Crippen LogP) is 3.32. The fourth-order valence-corrected chi connectivity index (χ4v) is 3.48. The minimum Gasteiger partial charge on any atom is -0.464 e. The SMILES string of the molecule is COC(=O)c1cn(COCC[Si](C)(C)C)c(C2CN(C(=O)OC(C)(C)C)C2)n1. The summed E-state index contributed by atoms with van der Waals surface area (Å²) in [6.45, 7) is 14.4. The van der Waals surface area contributed by atoms with Crippen molar-refractivity contribution < 1.29 is 23.8 Å². The van der Waals surface area contributed by atoms with Gasteiger partial charge >= 0.3 is 12.1 Å². The van der Waals surface area contributed by atoms with E-state index in [9.17, 15) is 9.59 Å². The zero-order valence-electron chi connectivity index (χ0n) is 18.1. The molecular weight excluding hydrogens is 378 g/mol. The molecule has 0 spiro atoms. The van der Waals surface area contributed by atoms with Gasteiger partial charge in [-0.2, -0.15) is 0 Å². The molecule has 0 unspecified atom stereocenters. The highest BCUT2D eigenvalue weighted by Gasteiger charge is 2.37. The van der Waals surface area contributed by atoms with E-state index in [2.05, 4.69) is 24.6 Å². The molecule has 0 radical (unpaired) electrons. The van der Waals surface area contributed by atoms with E-state index in [0.29, 0.717) is 26.4 Å². The van der Waals surface area contributed by atoms with Crippen LogP contribution in [0.25, 0.3) is 0 Å². The molecule has 2 rings (SSSR count). The lowest BCUT2D eigenvalue weighted by molar-refractivity contribution is 0.00628. The summed E-state index contributed by atoms with van der Waals surface area (Å²) in [4.78, 5) is 30.1. The van der Waals surface area contributed by atoms with Gasteiger partial charge in [0.1, 0.15) is 18.2 Å². The van der Waals surface area contributed by atoms with Crippen LogP contribution in [0.4, 0.5) is 4.79 Å². The summed E-state index contributed by atoms with van der Waals surface area (Å²) in [6.07, 6.45) is 1.33. The number of hydrogen-bond donors (Lipinski definition) is 0. The van der Waals surface area contributed by atoms with Crippen LogP contribution in [0.15, 0.2) is 6.20 Å². The average molecular weight is 412 g/mol. The van der Waals surface area contributed by atoms with E-state index in [4.69, 9.17) is 14.2 Å². The fraction of sp³-hybridized carbons (Fsp3) is 0.737. The van der Waals surface area contributed by atoms with Gasteiger partial charge in [0.15, 0.2) is 5.69 Å². The van der Waals surface area contributed by atoms with E-state index in [1.807, 2.05) is 25.3 Å². The number of imidazole rings is 1. The molecule has 1 amide bonds. The van der Waals surface area contributed by atoms with Gasteiger partial charge in [-0.05, 0) is 26.8 Å². The van der Waals surface area contributed by atoms with Crippen molar-refractivity contribution in [2.24, 2.45) is 0 Å². The minimum absolute atomic E-state index is 0.0338. The Balaban J connectivity index is 2.01. The van der Waals surface area contributed by atoms with Gasteiger partial charge in [-0.15, -0.1) is 0 Å². The van der Waals surface area contributed by atoms with Crippen molar-refractivity contribution in [3.8, 4) is 0 Å². The Labute approximate surface area is 168 Å². The van der Waals surface area contributed by atoms with Crippen LogP contribution in [0.5, 0.6) is 0 Å². The van der Waals surface area contributed by atoms with Gasteiger partial charge in [0.25, 0.3) is 0 Å². The first kappa shape index (κ1) is 22.4. The van der Waals surface area contributed by atoms with Gasteiger partial charge < -0.3 is 23.7 Å². The zero-order valence-corrected chi connectivity index (χ0v) is 19.1. The first-order chi connectivity index (χ1) is 12.9. The lowest BCUT2D eigenvalue weighted by Crippen LogP contribution is -2.51. The number of hydrogen-bond acceptors (Lipinski definition) is 6. The van der Waals surface area contributed by atoms with Crippen LogP contribution in [0.3, 0.4) is 0 Å². The van der Waals surface area contributed by atoms with Crippen molar-refractivity contribution in [3.63, 3.8) is 0 Å². The van der Waals surface area contributed by atoms with Crippen molar-refractivity contribution in [1.29, 1.82) is 0 Å². The molecular formula is C19H33N3O5Si. The number of likely N-dealkylation sites (tertiary alicyclic amines) is 1. The van der Waals surface area contributed by atoms with Crippen molar-refractivity contribution in [3.05, 3.63) is 17.7 Å². The van der Waals surface area contributed by atoms with Gasteiger partial charge in [0.2, 0.25) is 0 Å². The van der Waals surface area contributed by atoms with E-state index in [0.717, 1.165) is 11.9 Å². The molecule has 28 heavy (non-hydrogen) atoms. The van der Waals surface area contributed by atoms with E-state index < -0.39 is 19.6 Å². The van der Waals surface area contributed by atoms with Crippen LogP contribution in [-0.4, -0.2) is 67.0 Å². The number of carbonyl (C=O) groups excluding carboxylic acids is 2. The maximum Gasteiger partial charge on any atom is 0.410 e. The summed E-state index contributed by atoms with van der Waals surface area (Å²) in [5, 5.41) is 0. The molecule has 0 aromatic carbocycles. The largest absolute Gasteiger partial charge is 0.464 e. The van der Waals surface area contributed by atoms with Gasteiger partial charge in [0.05, 0.1) is 13.0 Å². The highest BCUT2D eigenvalue weighted by Crippen LogP contribution is 2.28. The Hall–Kier alpha value is -1.87. The molecule has 0 saturated carbocycles. The Bertz CT molecular complexity index is 699. The van der Waals surface area contributed by atoms with E-state index in [1.165, 1.54) is 7.11 Å². The van der Waals surface area contributed by atoms with Crippen molar-refractivity contribution in [1.82, 2.24) is 14.5 Å². The Kier molecular flexibility index (Phi) is 6.92. The van der Waals surface area contributed by atoms with E-state index in [1.54, 1.807) is 11.1 Å². The molecule has 0 atom stereocenters. The standard InChI is InChI=1S/C19H33N3O5Si/c1-19(2,3)27-18(24)21-10-14(11-21)16-20-15(17(23)25-4)12-22(16)13-26-8-9-28(5,6)7/h12,14H,8-11,13H2,1-7H3. The number of methoxy groups -OCH3 is 1. The summed E-state index contributed by atoms with van der Waals surface area (Å²) in [5.74, 6) is 0.283. The second-order valence-corrected chi connectivity index (χ2v) is 15.0. The third-order valence-electron chi connectivity index (χ3n) is 4.33. The molecule has 1 aliphatic rings. The monoisotopic (exact) mass is 411 g/mol. The highest BCUT2D eigenvalue weighted by atomic mass is 28.3. The number of ether oxygens (including phenoxy) is 3. The number of esters is 1. The molecule has 0 bridgehead atoms. The molecule has 1 aromatic rings. The van der Waals surface area contributed by atoms with Crippen molar-refractivity contribution >= 4 is 20.1 Å². The van der Waals surface area contributed by atoms with E-state index in [-0.39, 0.29) is 17.7 Å². The Morgan fingerprint density at radius 1 is 1.25 bits per heavy atom. The molecule has 9 heteroatoms. The first-order valence-corrected chi connectivity index (χ1v) is 13.3. The average Bonchev–Trinajstić information content (AvgIpc) is 2.90. The number of amides is 1. The van der Waals surface area contributed by atoms with Crippen molar-refractivity contribution in [2.45, 2.75) is 64.7 Å². The normalized spacial score (nSPS) is 15.3. The Morgan fingerprint density at radius 3 is 2.43 bits per heavy atom. The number of carbonyl (C=O) groups is 2. The quantitative estimate of drug-likeness (QED) is 0.389. The highest BCUT2D eigenvalue weighted by molar-refractivity contribution is 6.76. The summed E-state index contributed by atoms with van der Waals surface area (Å²) in [5.41, 5.74) is -0.273. The second kappa shape index (κ2) is 8.65. The summed E-state index contributed by atoms with van der Waals surface area (Å²) in [7, 11) is 0.164. The molecule has 0 aliphatic carbocycles. The van der Waals surface area contributed by atoms with Crippen LogP contribution in [0.1, 0.15) is 43.0 Å². The molecule has 2 heterocycles. The summed E-state index contributed by atoms with van der Waals surface area (Å²) < 4.78 is 17.8. The van der Waals surface area contributed by atoms with Crippen LogP contribution < -0.4 is 0 Å². The first-order valence-electron chi connectivity index (χ1n) is 9.60. The third-order valence-corrected chi connectivity index (χ3v) is 6.03. The summed E-state index contributed by atoms with van der Waals surface area (Å²) >= 11 is 0. The maximum atomic E-state index is 12.1. The lowest BCUT2D eigenvalue weighted by atomic mass is 10.00. The van der Waals surface area contributed by atoms with E-state index >= 15 is 0 Å². The number of aromatic nitrogens is 2. The molecule has 8 nitrogen and oxygen atoms in total. The molecule has 1 fully saturated rings. The van der Waals surface area contributed by atoms with Crippen LogP contribution in [-0.2, 0) is 20.9 Å². The molecule has 158 valence electrons. The fourth-order valence-electron chi connectivity index (χ4n) is 2.72. The number of rotatable bonds is 7. The van der Waals surface area contributed by atoms with Crippen LogP contribution in [0.2, 0.25) is 25.7 Å². The van der Waals surface area contributed by atoms with Crippen LogP contribution in [0, 0.1) is 0 Å². The predicted molar refractivity (Wildman–Crippen MR) is 108 cm³/mol. The minimum atomic E-state index is -1.17.